The topological polar surface area (TPSA) is 57.9 Å². The number of likely N-dealkylation sites (tertiary alicyclic amines) is 1. The van der Waals surface area contributed by atoms with Gasteiger partial charge in [-0.15, -0.1) is 0 Å². The molecule has 2 aromatic rings. The molecule has 0 bridgehead atoms. The molecule has 1 fully saturated rings. The Hall–Kier alpha value is -2.15. The zero-order chi connectivity index (χ0) is 18.8. The number of rotatable bonds is 4. The summed E-state index contributed by atoms with van der Waals surface area (Å²) in [5, 5.41) is 0.357. The first-order valence-electron chi connectivity index (χ1n) is 8.87. The van der Waals surface area contributed by atoms with Crippen LogP contribution in [0.15, 0.2) is 18.3 Å². The molecule has 0 N–H and O–H groups in total. The summed E-state index contributed by atoms with van der Waals surface area (Å²) in [7, 11) is 0. The number of amides is 2. The van der Waals surface area contributed by atoms with Crippen LogP contribution < -0.4 is 0 Å². The molecule has 26 heavy (non-hydrogen) atoms. The maximum Gasteiger partial charge on any atom is 0.277 e. The van der Waals surface area contributed by atoms with E-state index >= 15 is 0 Å². The van der Waals surface area contributed by atoms with Crippen LogP contribution in [0, 0.1) is 11.9 Å². The second-order valence-corrected chi connectivity index (χ2v) is 6.86. The van der Waals surface area contributed by atoms with Crippen LogP contribution in [0.25, 0.3) is 5.65 Å². The SMILES string of the molecule is CCN(CC)C(=O)[C@H]1CCCN(C(=O)c2nc3ccc(Cl)cn3c2F)C1. The first-order valence-corrected chi connectivity index (χ1v) is 9.25. The number of hydrogen-bond acceptors (Lipinski definition) is 3. The van der Waals surface area contributed by atoms with Crippen molar-refractivity contribution >= 4 is 29.1 Å². The van der Waals surface area contributed by atoms with Crippen LogP contribution in [0.1, 0.15) is 37.2 Å². The summed E-state index contributed by atoms with van der Waals surface area (Å²) in [5.74, 6) is -1.42. The molecular formula is C18H22ClFN4O2. The molecule has 1 saturated heterocycles. The zero-order valence-electron chi connectivity index (χ0n) is 14.9. The monoisotopic (exact) mass is 380 g/mol. The highest BCUT2D eigenvalue weighted by molar-refractivity contribution is 6.30. The summed E-state index contributed by atoms with van der Waals surface area (Å²) in [6.07, 6.45) is 2.84. The summed E-state index contributed by atoms with van der Waals surface area (Å²) in [4.78, 5) is 32.8. The molecule has 140 valence electrons. The number of carbonyl (C=O) groups excluding carboxylic acids is 2. The Bertz CT molecular complexity index is 834. The van der Waals surface area contributed by atoms with Crippen LogP contribution in [0.2, 0.25) is 5.02 Å². The quantitative estimate of drug-likeness (QED) is 0.819. The van der Waals surface area contributed by atoms with Gasteiger partial charge >= 0.3 is 0 Å². The van der Waals surface area contributed by atoms with E-state index in [4.69, 9.17) is 11.6 Å². The van der Waals surface area contributed by atoms with Gasteiger partial charge in [-0.25, -0.2) is 4.98 Å². The van der Waals surface area contributed by atoms with Gasteiger partial charge in [0.25, 0.3) is 5.91 Å². The standard InChI is InChI=1S/C18H22ClFN4O2/c1-3-22(4-2)17(25)12-6-5-9-23(10-12)18(26)15-16(20)24-11-13(19)7-8-14(24)21-15/h7-8,11-12H,3-6,9-10H2,1-2H3/t12-/m0/s1. The largest absolute Gasteiger partial charge is 0.343 e. The number of hydrogen-bond donors (Lipinski definition) is 0. The highest BCUT2D eigenvalue weighted by Crippen LogP contribution is 2.22. The number of fused-ring (bicyclic) bond motifs is 1. The van der Waals surface area contributed by atoms with Gasteiger partial charge in [-0.05, 0) is 38.8 Å². The Morgan fingerprint density at radius 3 is 2.77 bits per heavy atom. The fraction of sp³-hybridized carbons (Fsp3) is 0.500. The van der Waals surface area contributed by atoms with Gasteiger partial charge in [0.15, 0.2) is 5.69 Å². The van der Waals surface area contributed by atoms with Crippen LogP contribution in [0.5, 0.6) is 0 Å². The van der Waals surface area contributed by atoms with E-state index in [1.165, 1.54) is 11.1 Å². The maximum atomic E-state index is 14.6. The third-order valence-electron chi connectivity index (χ3n) is 4.86. The second-order valence-electron chi connectivity index (χ2n) is 6.43. The van der Waals surface area contributed by atoms with Gasteiger partial charge < -0.3 is 9.80 Å². The van der Waals surface area contributed by atoms with Crippen molar-refractivity contribution in [3.63, 3.8) is 0 Å². The van der Waals surface area contributed by atoms with Crippen molar-refractivity contribution in [2.45, 2.75) is 26.7 Å². The van der Waals surface area contributed by atoms with E-state index in [1.54, 1.807) is 17.0 Å². The van der Waals surface area contributed by atoms with Gasteiger partial charge in [-0.2, -0.15) is 4.39 Å². The number of halogens is 2. The van der Waals surface area contributed by atoms with Gasteiger partial charge in [0.05, 0.1) is 10.9 Å². The molecule has 1 atom stereocenters. The van der Waals surface area contributed by atoms with Gasteiger partial charge in [0.2, 0.25) is 11.9 Å². The van der Waals surface area contributed by atoms with Crippen molar-refractivity contribution < 1.29 is 14.0 Å². The van der Waals surface area contributed by atoms with Crippen molar-refractivity contribution in [2.24, 2.45) is 5.92 Å². The Morgan fingerprint density at radius 1 is 1.35 bits per heavy atom. The zero-order valence-corrected chi connectivity index (χ0v) is 15.7. The molecule has 8 heteroatoms. The van der Waals surface area contributed by atoms with E-state index in [0.717, 1.165) is 10.8 Å². The third-order valence-corrected chi connectivity index (χ3v) is 5.08. The van der Waals surface area contributed by atoms with Gasteiger partial charge in [-0.1, -0.05) is 11.6 Å². The first kappa shape index (κ1) is 18.6. The Balaban J connectivity index is 1.81. The van der Waals surface area contributed by atoms with Crippen molar-refractivity contribution in [2.75, 3.05) is 26.2 Å². The Labute approximate surface area is 156 Å². The Kier molecular flexibility index (Phi) is 5.46. The summed E-state index contributed by atoms with van der Waals surface area (Å²) in [5.41, 5.74) is 0.0891. The molecule has 0 aromatic carbocycles. The summed E-state index contributed by atoms with van der Waals surface area (Å²) in [6.45, 7) is 5.94. The van der Waals surface area contributed by atoms with E-state index in [2.05, 4.69) is 4.98 Å². The molecule has 3 rings (SSSR count). The van der Waals surface area contributed by atoms with Crippen molar-refractivity contribution in [3.05, 3.63) is 35.0 Å². The average Bonchev–Trinajstić information content (AvgIpc) is 2.98. The number of imidazole rings is 1. The average molecular weight is 381 g/mol. The van der Waals surface area contributed by atoms with Crippen LogP contribution in [-0.4, -0.2) is 57.2 Å². The van der Waals surface area contributed by atoms with E-state index in [9.17, 15) is 14.0 Å². The highest BCUT2D eigenvalue weighted by atomic mass is 35.5. The first-order chi connectivity index (χ1) is 12.5. The molecule has 2 aromatic heterocycles. The van der Waals surface area contributed by atoms with Crippen LogP contribution in [0.3, 0.4) is 0 Å². The molecule has 0 radical (unpaired) electrons. The molecule has 3 heterocycles. The summed E-state index contributed by atoms with van der Waals surface area (Å²) >= 11 is 5.89. The van der Waals surface area contributed by atoms with Gasteiger partial charge in [-0.3, -0.25) is 14.0 Å². The lowest BCUT2D eigenvalue weighted by Crippen LogP contribution is -2.47. The van der Waals surface area contributed by atoms with Gasteiger partial charge in [0, 0.05) is 32.4 Å². The maximum absolute atomic E-state index is 14.6. The predicted molar refractivity (Wildman–Crippen MR) is 96.7 cm³/mol. The number of aromatic nitrogens is 2. The van der Waals surface area contributed by atoms with E-state index in [0.29, 0.717) is 43.3 Å². The van der Waals surface area contributed by atoms with Gasteiger partial charge in [0.1, 0.15) is 5.65 Å². The smallest absolute Gasteiger partial charge is 0.277 e. The fourth-order valence-corrected chi connectivity index (χ4v) is 3.59. The third kappa shape index (κ3) is 3.40. The van der Waals surface area contributed by atoms with E-state index in [1.807, 2.05) is 13.8 Å². The van der Waals surface area contributed by atoms with Crippen LogP contribution >= 0.6 is 11.6 Å². The van der Waals surface area contributed by atoms with Crippen molar-refractivity contribution in [3.8, 4) is 0 Å². The fourth-order valence-electron chi connectivity index (χ4n) is 3.43. The predicted octanol–water partition coefficient (Wildman–Crippen LogP) is 2.85. The number of carbonyl (C=O) groups is 2. The summed E-state index contributed by atoms with van der Waals surface area (Å²) in [6, 6.07) is 3.16. The van der Waals surface area contributed by atoms with Crippen LogP contribution in [-0.2, 0) is 4.79 Å². The van der Waals surface area contributed by atoms with E-state index in [-0.39, 0.29) is 17.5 Å². The van der Waals surface area contributed by atoms with Crippen molar-refractivity contribution in [1.29, 1.82) is 0 Å². The molecule has 1 aliphatic heterocycles. The number of pyridine rings is 1. The minimum absolute atomic E-state index is 0.0507. The molecule has 1 aliphatic rings. The summed E-state index contributed by atoms with van der Waals surface area (Å²) < 4.78 is 15.8. The highest BCUT2D eigenvalue weighted by Gasteiger charge is 2.33. The number of piperidine rings is 1. The lowest BCUT2D eigenvalue weighted by molar-refractivity contribution is -0.136. The molecule has 0 saturated carbocycles. The molecule has 6 nitrogen and oxygen atoms in total. The minimum atomic E-state index is -0.732. The Morgan fingerprint density at radius 2 is 2.08 bits per heavy atom. The molecule has 2 amide bonds. The molecule has 0 spiro atoms. The normalized spacial score (nSPS) is 17.5. The lowest BCUT2D eigenvalue weighted by Gasteiger charge is -2.34. The molecule has 0 aliphatic carbocycles. The number of nitrogens with zero attached hydrogens (tertiary/aromatic N) is 4. The van der Waals surface area contributed by atoms with E-state index < -0.39 is 11.9 Å². The molecular weight excluding hydrogens is 359 g/mol. The van der Waals surface area contributed by atoms with Crippen LogP contribution in [0.4, 0.5) is 4.39 Å². The minimum Gasteiger partial charge on any atom is -0.343 e. The van der Waals surface area contributed by atoms with Crippen molar-refractivity contribution in [1.82, 2.24) is 19.2 Å². The second kappa shape index (κ2) is 7.61. The lowest BCUT2D eigenvalue weighted by atomic mass is 9.96. The molecule has 0 unspecified atom stereocenters.